The maximum atomic E-state index is 6.45. The molecule has 364 valence electrons. The minimum Gasteiger partial charge on any atom is -0.494 e. The zero-order chi connectivity index (χ0) is 48.3. The van der Waals surface area contributed by atoms with Crippen molar-refractivity contribution in [3.63, 3.8) is 0 Å². The first-order valence-electron chi connectivity index (χ1n) is 24.7. The second kappa shape index (κ2) is 26.4. The third kappa shape index (κ3) is 13.6. The van der Waals surface area contributed by atoms with Crippen molar-refractivity contribution in [2.75, 3.05) is 66.1 Å². The van der Waals surface area contributed by atoms with Gasteiger partial charge in [0.25, 0.3) is 0 Å². The monoisotopic (exact) mass is 921 g/mol. The van der Waals surface area contributed by atoms with Crippen molar-refractivity contribution in [3.05, 3.63) is 116 Å². The highest BCUT2D eigenvalue weighted by molar-refractivity contribution is 5.58. The van der Waals surface area contributed by atoms with Crippen LogP contribution in [-0.2, 0) is 32.1 Å². The molecule has 0 saturated heterocycles. The quantitative estimate of drug-likeness (QED) is 0.0462. The smallest absolute Gasteiger partial charge is 0.123 e. The van der Waals surface area contributed by atoms with Crippen LogP contribution in [0.25, 0.3) is 0 Å². The predicted molar refractivity (Wildman–Crippen MR) is 269 cm³/mol. The SMILES string of the molecule is CCOc1cc(Cc2cc(OCC)c(Cc3cc(OCC)c(Cc4cc(OCC)c(Cc5cc(OCC)c(CC)cc5OCC)cc4OCC)cc3OCC)cc2OCC)c(OCC)cc1C. The molecule has 0 radical (unpaired) electrons. The molecular weight excluding hydrogens is 845 g/mol. The first-order chi connectivity index (χ1) is 32.6. The maximum absolute atomic E-state index is 6.45. The summed E-state index contributed by atoms with van der Waals surface area (Å²) in [4.78, 5) is 0. The maximum Gasteiger partial charge on any atom is 0.123 e. The van der Waals surface area contributed by atoms with Crippen LogP contribution < -0.4 is 47.4 Å². The van der Waals surface area contributed by atoms with Gasteiger partial charge in [0, 0.05) is 70.2 Å². The summed E-state index contributed by atoms with van der Waals surface area (Å²) in [7, 11) is 0. The molecule has 5 rings (SSSR count). The normalized spacial score (nSPS) is 11.0. The van der Waals surface area contributed by atoms with Crippen molar-refractivity contribution < 1.29 is 47.4 Å². The van der Waals surface area contributed by atoms with Crippen molar-refractivity contribution in [2.24, 2.45) is 0 Å². The van der Waals surface area contributed by atoms with E-state index in [0.29, 0.717) is 91.8 Å². The third-order valence-electron chi connectivity index (χ3n) is 11.2. The lowest BCUT2D eigenvalue weighted by Gasteiger charge is -2.22. The van der Waals surface area contributed by atoms with E-state index in [2.05, 4.69) is 67.6 Å². The Hall–Kier alpha value is -5.90. The molecule has 10 heteroatoms. The number of hydrogen-bond acceptors (Lipinski definition) is 10. The third-order valence-corrected chi connectivity index (χ3v) is 11.2. The summed E-state index contributed by atoms with van der Waals surface area (Å²) in [6.45, 7) is 29.6. The van der Waals surface area contributed by atoms with Gasteiger partial charge in [-0.2, -0.15) is 0 Å². The Morgan fingerprint density at radius 2 is 0.388 bits per heavy atom. The standard InChI is InChI=1S/C57H76O10/c1-13-39-29-51(61-17-5)41(31-50(39)60-16-4)26-43-33-55(65-21-9)45(35-54(43)64-20-8)28-47-37-56(66-22-10)46(36-57(47)67-23-11)27-44-34-52(62-18-6)42(32-53(44)63-19-7)25-40-30-48(58-14-2)38(12)24-49(40)59-15-3/h24,29-37H,13-23,25-28H2,1-12H3. The Kier molecular flexibility index (Phi) is 20.6. The molecular formula is C57H76O10. The van der Waals surface area contributed by atoms with E-state index in [-0.39, 0.29) is 0 Å². The van der Waals surface area contributed by atoms with Crippen molar-refractivity contribution in [2.45, 2.75) is 115 Å². The summed E-state index contributed by atoms with van der Waals surface area (Å²) in [5.41, 5.74) is 10.1. The van der Waals surface area contributed by atoms with Crippen LogP contribution in [-0.4, -0.2) is 66.1 Å². The van der Waals surface area contributed by atoms with Crippen LogP contribution in [0.15, 0.2) is 60.7 Å². The van der Waals surface area contributed by atoms with Gasteiger partial charge in [-0.3, -0.25) is 0 Å². The molecule has 0 spiro atoms. The van der Waals surface area contributed by atoms with E-state index >= 15 is 0 Å². The summed E-state index contributed by atoms with van der Waals surface area (Å²) >= 11 is 0. The molecule has 0 aromatic heterocycles. The van der Waals surface area contributed by atoms with Gasteiger partial charge in [0.05, 0.1) is 66.1 Å². The van der Waals surface area contributed by atoms with Gasteiger partial charge in [0.1, 0.15) is 57.5 Å². The highest BCUT2D eigenvalue weighted by Gasteiger charge is 2.23. The molecule has 0 fully saturated rings. The van der Waals surface area contributed by atoms with Crippen LogP contribution in [0.3, 0.4) is 0 Å². The van der Waals surface area contributed by atoms with E-state index in [0.717, 1.165) is 120 Å². The molecule has 0 atom stereocenters. The number of aryl methyl sites for hydroxylation is 2. The minimum absolute atomic E-state index is 0.492. The predicted octanol–water partition coefficient (Wildman–Crippen LogP) is 12.9. The lowest BCUT2D eigenvalue weighted by atomic mass is 9.94. The van der Waals surface area contributed by atoms with Crippen LogP contribution in [0.5, 0.6) is 57.5 Å². The second-order valence-electron chi connectivity index (χ2n) is 15.9. The highest BCUT2D eigenvalue weighted by Crippen LogP contribution is 2.41. The molecule has 0 bridgehead atoms. The van der Waals surface area contributed by atoms with Crippen LogP contribution in [0.4, 0.5) is 0 Å². The second-order valence-corrected chi connectivity index (χ2v) is 15.9. The van der Waals surface area contributed by atoms with Gasteiger partial charge in [-0.15, -0.1) is 0 Å². The lowest BCUT2D eigenvalue weighted by molar-refractivity contribution is 0.319. The number of benzene rings is 5. The average molecular weight is 921 g/mol. The topological polar surface area (TPSA) is 92.3 Å². The highest BCUT2D eigenvalue weighted by atomic mass is 16.5. The molecule has 67 heavy (non-hydrogen) atoms. The van der Waals surface area contributed by atoms with Gasteiger partial charge in [-0.1, -0.05) is 6.92 Å². The Morgan fingerprint density at radius 1 is 0.224 bits per heavy atom. The molecule has 10 nitrogen and oxygen atoms in total. The van der Waals surface area contributed by atoms with Crippen LogP contribution >= 0.6 is 0 Å². The molecule has 0 heterocycles. The minimum atomic E-state index is 0.492. The Morgan fingerprint density at radius 3 is 0.597 bits per heavy atom. The Labute approximate surface area is 401 Å². The molecule has 0 N–H and O–H groups in total. The Balaban J connectivity index is 1.57. The average Bonchev–Trinajstić information content (AvgIpc) is 3.30. The van der Waals surface area contributed by atoms with Crippen molar-refractivity contribution in [1.29, 1.82) is 0 Å². The van der Waals surface area contributed by atoms with Gasteiger partial charge < -0.3 is 47.4 Å². The summed E-state index contributed by atoms with van der Waals surface area (Å²) in [6, 6.07) is 21.1. The van der Waals surface area contributed by atoms with Gasteiger partial charge in [-0.05, 0) is 154 Å². The first kappa shape index (κ1) is 52.1. The van der Waals surface area contributed by atoms with Gasteiger partial charge in [0.15, 0.2) is 0 Å². The number of rotatable bonds is 29. The summed E-state index contributed by atoms with van der Waals surface area (Å²) in [6.07, 6.45) is 3.04. The molecule has 0 unspecified atom stereocenters. The fourth-order valence-corrected chi connectivity index (χ4v) is 8.40. The Bertz CT molecular complexity index is 2350. The molecule has 0 aliphatic rings. The fourth-order valence-electron chi connectivity index (χ4n) is 8.40. The van der Waals surface area contributed by atoms with Crippen LogP contribution in [0, 0.1) is 6.92 Å². The summed E-state index contributed by atoms with van der Waals surface area (Å²) in [5, 5.41) is 0. The zero-order valence-corrected chi connectivity index (χ0v) is 42.5. The van der Waals surface area contributed by atoms with E-state index in [1.54, 1.807) is 0 Å². The summed E-state index contributed by atoms with van der Waals surface area (Å²) in [5.74, 6) is 8.13. The van der Waals surface area contributed by atoms with Gasteiger partial charge in [0.2, 0.25) is 0 Å². The van der Waals surface area contributed by atoms with E-state index in [4.69, 9.17) is 47.4 Å². The zero-order valence-electron chi connectivity index (χ0n) is 42.5. The van der Waals surface area contributed by atoms with E-state index in [9.17, 15) is 0 Å². The molecule has 0 aliphatic heterocycles. The van der Waals surface area contributed by atoms with Crippen LogP contribution in [0.2, 0.25) is 0 Å². The lowest BCUT2D eigenvalue weighted by Crippen LogP contribution is -2.08. The largest absolute Gasteiger partial charge is 0.494 e. The van der Waals surface area contributed by atoms with Gasteiger partial charge in [-0.25, -0.2) is 0 Å². The van der Waals surface area contributed by atoms with Crippen LogP contribution in [0.1, 0.15) is 132 Å². The van der Waals surface area contributed by atoms with Crippen molar-refractivity contribution in [1.82, 2.24) is 0 Å². The molecule has 0 amide bonds. The fraction of sp³-hybridized carbons (Fsp3) is 0.474. The number of hydrogen-bond donors (Lipinski definition) is 0. The molecule has 0 aliphatic carbocycles. The number of ether oxygens (including phenoxy) is 10. The first-order valence-corrected chi connectivity index (χ1v) is 24.7. The molecule has 0 saturated carbocycles. The van der Waals surface area contributed by atoms with Crippen molar-refractivity contribution >= 4 is 0 Å². The molecule has 5 aromatic rings. The van der Waals surface area contributed by atoms with E-state index in [1.807, 2.05) is 76.2 Å². The van der Waals surface area contributed by atoms with Gasteiger partial charge >= 0.3 is 0 Å². The summed E-state index contributed by atoms with van der Waals surface area (Å²) < 4.78 is 62.9. The van der Waals surface area contributed by atoms with Crippen molar-refractivity contribution in [3.8, 4) is 57.5 Å². The molecule has 5 aromatic carbocycles. The van der Waals surface area contributed by atoms with E-state index < -0.39 is 0 Å². The van der Waals surface area contributed by atoms with E-state index in [1.165, 1.54) is 0 Å².